The highest BCUT2D eigenvalue weighted by Gasteiger charge is 2.10. The number of amides is 1. The molecule has 7 heteroatoms. The van der Waals surface area contributed by atoms with Gasteiger partial charge >= 0.3 is 0 Å². The van der Waals surface area contributed by atoms with Crippen molar-refractivity contribution in [3.8, 4) is 0 Å². The van der Waals surface area contributed by atoms with E-state index in [1.807, 2.05) is 0 Å². The number of anilines is 1. The first kappa shape index (κ1) is 16.1. The van der Waals surface area contributed by atoms with E-state index in [4.69, 9.17) is 5.11 Å². The summed E-state index contributed by atoms with van der Waals surface area (Å²) >= 11 is 1.24. The van der Waals surface area contributed by atoms with Gasteiger partial charge in [-0.25, -0.2) is 9.37 Å². The van der Waals surface area contributed by atoms with Crippen LogP contribution in [0.1, 0.15) is 20.8 Å². The number of nitrogens with zero attached hydrogens (tertiary/aromatic N) is 1. The molecule has 1 aromatic carbocycles. The summed E-state index contributed by atoms with van der Waals surface area (Å²) in [6.07, 6.45) is 3.20. The molecule has 3 N–H and O–H groups in total. The van der Waals surface area contributed by atoms with Crippen LogP contribution >= 0.6 is 11.3 Å². The van der Waals surface area contributed by atoms with Gasteiger partial charge in [0, 0.05) is 18.7 Å². The van der Waals surface area contributed by atoms with Crippen molar-refractivity contribution in [2.75, 3.05) is 11.9 Å². The van der Waals surface area contributed by atoms with E-state index in [1.165, 1.54) is 29.7 Å². The van der Waals surface area contributed by atoms with Crippen LogP contribution in [0, 0.1) is 5.82 Å². The molecule has 0 unspecified atom stereocenters. The number of aliphatic hydroxyl groups excluding tert-OH is 1. The van der Waals surface area contributed by atoms with Gasteiger partial charge in [0.25, 0.3) is 5.91 Å². The highest BCUT2D eigenvalue weighted by atomic mass is 32.1. The fourth-order valence-electron chi connectivity index (χ4n) is 1.75. The second-order valence-corrected chi connectivity index (χ2v) is 5.50. The molecule has 22 heavy (non-hydrogen) atoms. The molecule has 1 amide bonds. The van der Waals surface area contributed by atoms with E-state index in [0.717, 1.165) is 0 Å². The number of nitrogens with one attached hydrogen (secondary N) is 2. The molecule has 0 aliphatic carbocycles. The van der Waals surface area contributed by atoms with Crippen LogP contribution in [-0.4, -0.2) is 22.5 Å². The Bertz CT molecular complexity index is 673. The maximum absolute atomic E-state index is 13.3. The number of aromatic nitrogens is 1. The third kappa shape index (κ3) is 4.12. The fraction of sp³-hybridized carbons (Fsp3) is 0.200. The molecule has 0 saturated carbocycles. The van der Waals surface area contributed by atoms with Crippen molar-refractivity contribution < 1.29 is 14.3 Å². The smallest absolute Gasteiger partial charge is 0.263 e. The Morgan fingerprint density at radius 2 is 2.32 bits per heavy atom. The lowest BCUT2D eigenvalue weighted by Crippen LogP contribution is -2.21. The largest absolute Gasteiger partial charge is 0.392 e. The van der Waals surface area contributed by atoms with Crippen molar-refractivity contribution in [1.29, 1.82) is 0 Å². The lowest BCUT2D eigenvalue weighted by molar-refractivity contribution is 0.0954. The molecule has 1 aromatic heterocycles. The molecular formula is C15H16FN3O2S. The Kier molecular flexibility index (Phi) is 5.62. The molecule has 0 radical (unpaired) electrons. The summed E-state index contributed by atoms with van der Waals surface area (Å²) in [5, 5.41) is 15.4. The molecule has 2 rings (SSSR count). The van der Waals surface area contributed by atoms with Crippen molar-refractivity contribution in [3.05, 3.63) is 58.9 Å². The number of benzene rings is 1. The molecule has 0 bridgehead atoms. The van der Waals surface area contributed by atoms with Crippen LogP contribution in [0.2, 0.25) is 0 Å². The molecule has 0 atom stereocenters. The molecule has 0 aliphatic heterocycles. The maximum atomic E-state index is 13.3. The minimum absolute atomic E-state index is 0.209. The number of thiazole rings is 1. The first-order valence-electron chi connectivity index (χ1n) is 6.61. The third-order valence-electron chi connectivity index (χ3n) is 2.86. The Morgan fingerprint density at radius 3 is 3.05 bits per heavy atom. The van der Waals surface area contributed by atoms with Crippen LogP contribution in [0.3, 0.4) is 0 Å². The predicted octanol–water partition coefficient (Wildman–Crippen LogP) is 2.30. The van der Waals surface area contributed by atoms with Gasteiger partial charge < -0.3 is 15.7 Å². The van der Waals surface area contributed by atoms with Crippen LogP contribution in [0.5, 0.6) is 0 Å². The van der Waals surface area contributed by atoms with Gasteiger partial charge in [0.2, 0.25) is 0 Å². The number of hydrogen-bond acceptors (Lipinski definition) is 5. The normalized spacial score (nSPS) is 10.3. The topological polar surface area (TPSA) is 74.2 Å². The van der Waals surface area contributed by atoms with Crippen molar-refractivity contribution in [2.24, 2.45) is 0 Å². The van der Waals surface area contributed by atoms with Gasteiger partial charge in [0.15, 0.2) is 5.13 Å². The number of aliphatic hydroxyl groups is 1. The first-order chi connectivity index (χ1) is 10.6. The van der Waals surface area contributed by atoms with Crippen LogP contribution < -0.4 is 10.6 Å². The highest BCUT2D eigenvalue weighted by molar-refractivity contribution is 7.17. The Morgan fingerprint density at radius 1 is 1.50 bits per heavy atom. The van der Waals surface area contributed by atoms with Crippen molar-refractivity contribution in [3.63, 3.8) is 0 Å². The minimum Gasteiger partial charge on any atom is -0.392 e. The number of rotatable bonds is 7. The van der Waals surface area contributed by atoms with E-state index in [9.17, 15) is 9.18 Å². The van der Waals surface area contributed by atoms with E-state index in [2.05, 4.69) is 22.2 Å². The van der Waals surface area contributed by atoms with Gasteiger partial charge in [-0.1, -0.05) is 23.5 Å². The Balaban J connectivity index is 1.94. The lowest BCUT2D eigenvalue weighted by atomic mass is 10.1. The van der Waals surface area contributed by atoms with E-state index in [1.54, 1.807) is 12.1 Å². The van der Waals surface area contributed by atoms with Gasteiger partial charge in [0.05, 0.1) is 12.8 Å². The van der Waals surface area contributed by atoms with Crippen LogP contribution in [0.4, 0.5) is 9.52 Å². The summed E-state index contributed by atoms with van der Waals surface area (Å²) in [7, 11) is 0. The molecular weight excluding hydrogens is 305 g/mol. The van der Waals surface area contributed by atoms with E-state index < -0.39 is 5.82 Å². The Hall–Kier alpha value is -2.25. The van der Waals surface area contributed by atoms with Crippen molar-refractivity contribution in [2.45, 2.75) is 13.2 Å². The second kappa shape index (κ2) is 7.67. The molecule has 0 spiro atoms. The lowest BCUT2D eigenvalue weighted by Gasteiger charge is -2.06. The van der Waals surface area contributed by atoms with Gasteiger partial charge in [-0.2, -0.15) is 0 Å². The summed E-state index contributed by atoms with van der Waals surface area (Å²) in [4.78, 5) is 16.6. The maximum Gasteiger partial charge on any atom is 0.263 e. The Labute approximate surface area is 131 Å². The van der Waals surface area contributed by atoms with Crippen LogP contribution in [0.15, 0.2) is 37.1 Å². The number of halogens is 1. The van der Waals surface area contributed by atoms with E-state index in [-0.39, 0.29) is 24.6 Å². The summed E-state index contributed by atoms with van der Waals surface area (Å²) in [6.45, 7) is 4.04. The zero-order valence-electron chi connectivity index (χ0n) is 11.8. The average molecular weight is 321 g/mol. The standard InChI is InChI=1S/C15H16FN3O2S/c1-2-5-17-15-19-8-13(22-15)14(21)18-7-10-3-4-12(16)11(6-10)9-20/h2-4,6,8,20H,1,5,7,9H2,(H,17,19)(H,18,21). The van der Waals surface area contributed by atoms with E-state index in [0.29, 0.717) is 22.1 Å². The molecule has 2 aromatic rings. The number of carbonyl (C=O) groups excluding carboxylic acids is 1. The molecule has 1 heterocycles. The molecule has 0 aliphatic rings. The zero-order valence-corrected chi connectivity index (χ0v) is 12.6. The molecule has 116 valence electrons. The van der Waals surface area contributed by atoms with E-state index >= 15 is 0 Å². The predicted molar refractivity (Wildman–Crippen MR) is 84.3 cm³/mol. The summed E-state index contributed by atoms with van der Waals surface area (Å²) in [5.74, 6) is -0.711. The summed E-state index contributed by atoms with van der Waals surface area (Å²) in [5.41, 5.74) is 0.925. The highest BCUT2D eigenvalue weighted by Crippen LogP contribution is 2.18. The second-order valence-electron chi connectivity index (χ2n) is 4.47. The average Bonchev–Trinajstić information content (AvgIpc) is 3.00. The van der Waals surface area contributed by atoms with Crippen molar-refractivity contribution in [1.82, 2.24) is 10.3 Å². The van der Waals surface area contributed by atoms with Gasteiger partial charge in [-0.3, -0.25) is 4.79 Å². The zero-order chi connectivity index (χ0) is 15.9. The number of hydrogen-bond donors (Lipinski definition) is 3. The summed E-state index contributed by atoms with van der Waals surface area (Å²) in [6, 6.07) is 4.37. The van der Waals surface area contributed by atoms with Crippen molar-refractivity contribution >= 4 is 22.4 Å². The quantitative estimate of drug-likeness (QED) is 0.684. The molecule has 0 saturated heterocycles. The monoisotopic (exact) mass is 321 g/mol. The SMILES string of the molecule is C=CCNc1ncc(C(=O)NCc2ccc(F)c(CO)c2)s1. The first-order valence-corrected chi connectivity index (χ1v) is 7.42. The van der Waals surface area contributed by atoms with Crippen LogP contribution in [0.25, 0.3) is 0 Å². The fourth-order valence-corrected chi connectivity index (χ4v) is 2.49. The van der Waals surface area contributed by atoms with Gasteiger partial charge in [-0.05, 0) is 17.7 Å². The minimum atomic E-state index is -0.460. The number of carbonyl (C=O) groups is 1. The van der Waals surface area contributed by atoms with Crippen LogP contribution in [-0.2, 0) is 13.2 Å². The molecule has 0 fully saturated rings. The third-order valence-corrected chi connectivity index (χ3v) is 3.81. The van der Waals surface area contributed by atoms with Gasteiger partial charge in [-0.15, -0.1) is 6.58 Å². The molecule has 5 nitrogen and oxygen atoms in total. The summed E-state index contributed by atoms with van der Waals surface area (Å²) < 4.78 is 13.3. The van der Waals surface area contributed by atoms with Gasteiger partial charge in [0.1, 0.15) is 10.7 Å².